The number of anilines is 1. The third-order valence-electron chi connectivity index (χ3n) is 5.71. The van der Waals surface area contributed by atoms with Crippen LogP contribution in [0.2, 0.25) is 0 Å². The molecule has 2 aromatic rings. The fourth-order valence-corrected chi connectivity index (χ4v) is 4.35. The van der Waals surface area contributed by atoms with E-state index in [0.29, 0.717) is 0 Å². The second kappa shape index (κ2) is 7.88. The molecule has 0 heterocycles. The highest BCUT2D eigenvalue weighted by atomic mass is 14.5. The Bertz CT molecular complexity index is 648. The van der Waals surface area contributed by atoms with Crippen molar-refractivity contribution in [2.45, 2.75) is 64.7 Å². The third-order valence-corrected chi connectivity index (χ3v) is 5.71. The Morgan fingerprint density at radius 1 is 0.917 bits per heavy atom. The number of hydrogen-bond donors (Lipinski definition) is 1. The van der Waals surface area contributed by atoms with Crippen LogP contribution in [0.1, 0.15) is 73.6 Å². The minimum atomic E-state index is 0.781. The lowest BCUT2D eigenvalue weighted by Crippen LogP contribution is -2.14. The summed E-state index contributed by atoms with van der Waals surface area (Å²) in [5.74, 6) is 1.76. The van der Waals surface area contributed by atoms with E-state index in [9.17, 15) is 0 Å². The van der Waals surface area contributed by atoms with Crippen LogP contribution in [-0.4, -0.2) is 0 Å². The highest BCUT2D eigenvalue weighted by Crippen LogP contribution is 2.38. The number of hydrogen-bond acceptors (Lipinski definition) is 1. The van der Waals surface area contributed by atoms with Gasteiger partial charge in [-0.25, -0.2) is 0 Å². The largest absolute Gasteiger partial charge is 0.399 e. The second-order valence-corrected chi connectivity index (χ2v) is 7.62. The predicted octanol–water partition coefficient (Wildman–Crippen LogP) is 6.24. The van der Waals surface area contributed by atoms with Crippen LogP contribution in [0, 0.1) is 12.8 Å². The van der Waals surface area contributed by atoms with Crippen molar-refractivity contribution in [3.8, 4) is 0 Å². The maximum atomic E-state index is 5.78. The average molecular weight is 322 g/mol. The van der Waals surface area contributed by atoms with Gasteiger partial charge in [0.1, 0.15) is 0 Å². The summed E-state index contributed by atoms with van der Waals surface area (Å²) < 4.78 is 0. The van der Waals surface area contributed by atoms with Gasteiger partial charge in [-0.3, -0.25) is 0 Å². The van der Waals surface area contributed by atoms with Crippen LogP contribution < -0.4 is 5.73 Å². The SMILES string of the molecule is CCCC1CCC(c2ccc(Cc3ccc(N)cc3)cc2C)CC1. The number of rotatable bonds is 5. The molecular formula is C23H31N. The molecule has 0 atom stereocenters. The van der Waals surface area contributed by atoms with E-state index in [2.05, 4.69) is 44.2 Å². The lowest BCUT2D eigenvalue weighted by atomic mass is 9.76. The molecule has 1 aliphatic carbocycles. The van der Waals surface area contributed by atoms with Crippen LogP contribution >= 0.6 is 0 Å². The van der Waals surface area contributed by atoms with E-state index in [1.54, 1.807) is 5.56 Å². The van der Waals surface area contributed by atoms with E-state index in [-0.39, 0.29) is 0 Å². The fraction of sp³-hybridized carbons (Fsp3) is 0.478. The van der Waals surface area contributed by atoms with E-state index in [1.807, 2.05) is 12.1 Å². The van der Waals surface area contributed by atoms with Gasteiger partial charge < -0.3 is 5.73 Å². The Labute approximate surface area is 147 Å². The summed E-state index contributed by atoms with van der Waals surface area (Å²) in [6.45, 7) is 4.61. The summed E-state index contributed by atoms with van der Waals surface area (Å²) in [4.78, 5) is 0. The van der Waals surface area contributed by atoms with Gasteiger partial charge in [0.2, 0.25) is 0 Å². The monoisotopic (exact) mass is 321 g/mol. The van der Waals surface area contributed by atoms with Crippen molar-refractivity contribution in [1.82, 2.24) is 0 Å². The Morgan fingerprint density at radius 3 is 2.21 bits per heavy atom. The molecule has 1 saturated carbocycles. The first-order valence-corrected chi connectivity index (χ1v) is 9.59. The van der Waals surface area contributed by atoms with Gasteiger partial charge in [-0.05, 0) is 85.3 Å². The first-order valence-electron chi connectivity index (χ1n) is 9.59. The zero-order valence-corrected chi connectivity index (χ0v) is 15.2. The molecule has 0 unspecified atom stereocenters. The molecule has 1 aliphatic rings. The minimum Gasteiger partial charge on any atom is -0.399 e. The molecule has 0 saturated heterocycles. The number of aryl methyl sites for hydroxylation is 1. The van der Waals surface area contributed by atoms with Crippen LogP contribution in [-0.2, 0) is 6.42 Å². The summed E-state index contributed by atoms with van der Waals surface area (Å²) >= 11 is 0. The van der Waals surface area contributed by atoms with E-state index < -0.39 is 0 Å². The molecule has 2 aromatic carbocycles. The van der Waals surface area contributed by atoms with Gasteiger partial charge in [-0.2, -0.15) is 0 Å². The van der Waals surface area contributed by atoms with E-state index >= 15 is 0 Å². The molecule has 1 heteroatoms. The van der Waals surface area contributed by atoms with Crippen molar-refractivity contribution in [2.24, 2.45) is 5.92 Å². The van der Waals surface area contributed by atoms with Crippen molar-refractivity contribution in [1.29, 1.82) is 0 Å². The molecule has 24 heavy (non-hydrogen) atoms. The van der Waals surface area contributed by atoms with Crippen LogP contribution in [0.3, 0.4) is 0 Å². The maximum Gasteiger partial charge on any atom is 0.0314 e. The molecule has 2 N–H and O–H groups in total. The molecule has 0 amide bonds. The highest BCUT2D eigenvalue weighted by molar-refractivity contribution is 5.42. The van der Waals surface area contributed by atoms with Crippen molar-refractivity contribution in [3.63, 3.8) is 0 Å². The first kappa shape index (κ1) is 17.1. The summed E-state index contributed by atoms with van der Waals surface area (Å²) in [5, 5.41) is 0. The standard InChI is InChI=1S/C23H31N/c1-3-4-18-5-10-21(11-6-18)23-14-9-20(15-17(23)2)16-19-7-12-22(24)13-8-19/h7-9,12-15,18,21H,3-6,10-11,16,24H2,1-2H3. The van der Waals surface area contributed by atoms with E-state index in [1.165, 1.54) is 55.2 Å². The van der Waals surface area contributed by atoms with E-state index in [0.717, 1.165) is 23.9 Å². The van der Waals surface area contributed by atoms with Crippen LogP contribution in [0.25, 0.3) is 0 Å². The molecule has 0 aliphatic heterocycles. The lowest BCUT2D eigenvalue weighted by molar-refractivity contribution is 0.308. The molecule has 0 aromatic heterocycles. The summed E-state index contributed by atoms with van der Waals surface area (Å²) in [6, 6.07) is 15.4. The molecule has 0 bridgehead atoms. The third kappa shape index (κ3) is 4.20. The predicted molar refractivity (Wildman–Crippen MR) is 104 cm³/mol. The van der Waals surface area contributed by atoms with Crippen molar-refractivity contribution in [2.75, 3.05) is 5.73 Å². The van der Waals surface area contributed by atoms with Crippen molar-refractivity contribution in [3.05, 3.63) is 64.7 Å². The number of benzene rings is 2. The van der Waals surface area contributed by atoms with Gasteiger partial charge in [-0.1, -0.05) is 50.1 Å². The van der Waals surface area contributed by atoms with Crippen LogP contribution in [0.5, 0.6) is 0 Å². The number of nitrogen functional groups attached to an aromatic ring is 1. The Kier molecular flexibility index (Phi) is 5.60. The van der Waals surface area contributed by atoms with Gasteiger partial charge in [0.15, 0.2) is 0 Å². The molecule has 0 radical (unpaired) electrons. The van der Waals surface area contributed by atoms with Gasteiger partial charge in [0, 0.05) is 5.69 Å². The van der Waals surface area contributed by atoms with Crippen LogP contribution in [0.4, 0.5) is 5.69 Å². The zero-order valence-electron chi connectivity index (χ0n) is 15.2. The van der Waals surface area contributed by atoms with Gasteiger partial charge in [-0.15, -0.1) is 0 Å². The van der Waals surface area contributed by atoms with Crippen molar-refractivity contribution < 1.29 is 0 Å². The summed E-state index contributed by atoms with van der Waals surface area (Å²) in [7, 11) is 0. The Hall–Kier alpha value is -1.76. The van der Waals surface area contributed by atoms with E-state index in [4.69, 9.17) is 5.73 Å². The van der Waals surface area contributed by atoms with Gasteiger partial charge >= 0.3 is 0 Å². The Morgan fingerprint density at radius 2 is 1.58 bits per heavy atom. The van der Waals surface area contributed by atoms with Gasteiger partial charge in [0.25, 0.3) is 0 Å². The molecule has 1 fully saturated rings. The van der Waals surface area contributed by atoms with Crippen molar-refractivity contribution >= 4 is 5.69 Å². The quantitative estimate of drug-likeness (QED) is 0.648. The topological polar surface area (TPSA) is 26.0 Å². The van der Waals surface area contributed by atoms with Crippen LogP contribution in [0.15, 0.2) is 42.5 Å². The molecule has 3 rings (SSSR count). The molecule has 0 spiro atoms. The smallest absolute Gasteiger partial charge is 0.0314 e. The lowest BCUT2D eigenvalue weighted by Gasteiger charge is -2.29. The average Bonchev–Trinajstić information content (AvgIpc) is 2.58. The fourth-order valence-electron chi connectivity index (χ4n) is 4.35. The normalized spacial score (nSPS) is 20.9. The maximum absolute atomic E-state index is 5.78. The second-order valence-electron chi connectivity index (χ2n) is 7.62. The Balaban J connectivity index is 1.65. The summed E-state index contributed by atoms with van der Waals surface area (Å²) in [5.41, 5.74) is 12.4. The number of nitrogens with two attached hydrogens (primary N) is 1. The molecular weight excluding hydrogens is 290 g/mol. The zero-order chi connectivity index (χ0) is 16.9. The molecule has 1 nitrogen and oxygen atoms in total. The van der Waals surface area contributed by atoms with Gasteiger partial charge in [0.05, 0.1) is 0 Å². The highest BCUT2D eigenvalue weighted by Gasteiger charge is 2.22. The first-order chi connectivity index (χ1) is 11.7. The minimum absolute atomic E-state index is 0.781. The summed E-state index contributed by atoms with van der Waals surface area (Å²) in [6.07, 6.45) is 9.35. The molecule has 128 valence electrons.